The summed E-state index contributed by atoms with van der Waals surface area (Å²) in [7, 11) is -3.96. The van der Waals surface area contributed by atoms with E-state index in [1.165, 1.54) is 6.07 Å². The smallest absolute Gasteiger partial charge is 0.253 e. The van der Waals surface area contributed by atoms with Gasteiger partial charge < -0.3 is 4.90 Å². The molecule has 0 radical (unpaired) electrons. The van der Waals surface area contributed by atoms with Crippen molar-refractivity contribution in [1.82, 2.24) is 4.90 Å². The molecule has 21 heavy (non-hydrogen) atoms. The van der Waals surface area contributed by atoms with Gasteiger partial charge in [0.2, 0.25) is 10.0 Å². The fraction of sp³-hybridized carbons (Fsp3) is 0.500. The zero-order valence-corrected chi connectivity index (χ0v) is 13.9. The van der Waals surface area contributed by atoms with Gasteiger partial charge in [0, 0.05) is 18.7 Å². The average Bonchev–Trinajstić information content (AvgIpc) is 2.70. The van der Waals surface area contributed by atoms with E-state index in [9.17, 15) is 13.2 Å². The van der Waals surface area contributed by atoms with E-state index in [0.717, 1.165) is 6.42 Å². The molecule has 0 aliphatic carbocycles. The minimum atomic E-state index is -3.96. The molecule has 0 spiro atoms. The number of likely N-dealkylation sites (tertiary alicyclic amines) is 1. The minimum Gasteiger partial charge on any atom is -0.338 e. The number of halogens is 1. The number of nitrogens with zero attached hydrogens (tertiary/aromatic N) is 1. The van der Waals surface area contributed by atoms with E-state index in [4.69, 9.17) is 16.7 Å². The summed E-state index contributed by atoms with van der Waals surface area (Å²) in [6.07, 6.45) is 0.924. The second kappa shape index (κ2) is 5.26. The Bertz CT molecular complexity index is 698. The first-order chi connectivity index (χ1) is 9.51. The van der Waals surface area contributed by atoms with Gasteiger partial charge in [0.1, 0.15) is 4.90 Å². The number of sulfonamides is 1. The molecule has 0 bridgehead atoms. The van der Waals surface area contributed by atoms with Gasteiger partial charge in [0.25, 0.3) is 5.91 Å². The maximum atomic E-state index is 12.5. The van der Waals surface area contributed by atoms with Crippen molar-refractivity contribution >= 4 is 27.5 Å². The number of carbonyl (C=O) groups is 1. The number of hydrogen-bond donors (Lipinski definition) is 1. The van der Waals surface area contributed by atoms with Crippen LogP contribution in [0.25, 0.3) is 0 Å². The van der Waals surface area contributed by atoms with Gasteiger partial charge in [-0.25, -0.2) is 13.6 Å². The van der Waals surface area contributed by atoms with Gasteiger partial charge in [-0.15, -0.1) is 0 Å². The molecule has 0 saturated carbocycles. The van der Waals surface area contributed by atoms with E-state index in [1.807, 2.05) is 0 Å². The topological polar surface area (TPSA) is 80.5 Å². The monoisotopic (exact) mass is 330 g/mol. The molecule has 1 heterocycles. The molecule has 1 amide bonds. The number of nitrogens with two attached hydrogens (primary N) is 1. The summed E-state index contributed by atoms with van der Waals surface area (Å²) >= 11 is 5.98. The summed E-state index contributed by atoms with van der Waals surface area (Å²) in [5.74, 6) is -0.190. The van der Waals surface area contributed by atoms with E-state index < -0.39 is 10.0 Å². The van der Waals surface area contributed by atoms with Crippen molar-refractivity contribution in [2.24, 2.45) is 10.6 Å². The largest absolute Gasteiger partial charge is 0.338 e. The molecule has 1 saturated heterocycles. The van der Waals surface area contributed by atoms with Crippen molar-refractivity contribution in [3.8, 4) is 0 Å². The Morgan fingerprint density at radius 2 is 2.00 bits per heavy atom. The van der Waals surface area contributed by atoms with Crippen molar-refractivity contribution in [3.63, 3.8) is 0 Å². The van der Waals surface area contributed by atoms with Crippen LogP contribution in [0.15, 0.2) is 17.0 Å². The molecule has 0 atom stereocenters. The lowest BCUT2D eigenvalue weighted by Crippen LogP contribution is -2.30. The molecule has 1 aromatic rings. The average molecular weight is 331 g/mol. The molecule has 7 heteroatoms. The first-order valence-electron chi connectivity index (χ1n) is 6.63. The standard InChI is InChI=1S/C14H19ClN2O3S/c1-9-6-10(7-11(12(9)15)21(16,19)20)13(18)17-5-4-14(2,3)8-17/h6-7H,4-5,8H2,1-3H3,(H2,16,19,20). The van der Waals surface area contributed by atoms with E-state index in [0.29, 0.717) is 24.2 Å². The summed E-state index contributed by atoms with van der Waals surface area (Å²) in [5, 5.41) is 5.22. The lowest BCUT2D eigenvalue weighted by Gasteiger charge is -2.20. The fourth-order valence-corrected chi connectivity index (χ4v) is 3.67. The molecule has 0 unspecified atom stereocenters. The molecule has 0 aromatic heterocycles. The highest BCUT2D eigenvalue weighted by atomic mass is 35.5. The molecule has 2 N–H and O–H groups in total. The number of benzene rings is 1. The Labute approximate surface area is 130 Å². The van der Waals surface area contributed by atoms with Crippen molar-refractivity contribution in [3.05, 3.63) is 28.3 Å². The maximum Gasteiger partial charge on any atom is 0.253 e. The molecule has 1 fully saturated rings. The van der Waals surface area contributed by atoms with Gasteiger partial charge in [-0.2, -0.15) is 0 Å². The van der Waals surface area contributed by atoms with E-state index >= 15 is 0 Å². The molecule has 116 valence electrons. The second-order valence-electron chi connectivity index (χ2n) is 6.29. The molecule has 2 rings (SSSR count). The van der Waals surface area contributed by atoms with Crippen LogP contribution in [0.4, 0.5) is 0 Å². The lowest BCUT2D eigenvalue weighted by atomic mass is 9.93. The van der Waals surface area contributed by atoms with Gasteiger partial charge in [-0.1, -0.05) is 25.4 Å². The molecule has 1 aliphatic rings. The summed E-state index contributed by atoms with van der Waals surface area (Å²) in [5.41, 5.74) is 0.906. The first-order valence-corrected chi connectivity index (χ1v) is 8.56. The highest BCUT2D eigenvalue weighted by Gasteiger charge is 2.33. The van der Waals surface area contributed by atoms with Gasteiger partial charge in [-0.05, 0) is 36.5 Å². The highest BCUT2D eigenvalue weighted by molar-refractivity contribution is 7.89. The van der Waals surface area contributed by atoms with Crippen LogP contribution >= 0.6 is 11.6 Å². The van der Waals surface area contributed by atoms with Crippen LogP contribution in [-0.2, 0) is 10.0 Å². The molecular formula is C14H19ClN2O3S. The quantitative estimate of drug-likeness (QED) is 0.902. The zero-order valence-electron chi connectivity index (χ0n) is 12.3. The van der Waals surface area contributed by atoms with Gasteiger partial charge in [0.15, 0.2) is 0 Å². The van der Waals surface area contributed by atoms with Crippen LogP contribution in [-0.4, -0.2) is 32.3 Å². The first kappa shape index (κ1) is 16.3. The summed E-state index contributed by atoms with van der Waals surface area (Å²) in [6, 6.07) is 2.86. The highest BCUT2D eigenvalue weighted by Crippen LogP contribution is 2.31. The minimum absolute atomic E-state index is 0.0656. The lowest BCUT2D eigenvalue weighted by molar-refractivity contribution is 0.0778. The maximum absolute atomic E-state index is 12.5. The van der Waals surface area contributed by atoms with Gasteiger partial charge in [0.05, 0.1) is 5.02 Å². The van der Waals surface area contributed by atoms with Crippen LogP contribution in [0.5, 0.6) is 0 Å². The predicted molar refractivity (Wildman–Crippen MR) is 81.9 cm³/mol. The van der Waals surface area contributed by atoms with Crippen LogP contribution in [0.1, 0.15) is 36.2 Å². The number of hydrogen-bond acceptors (Lipinski definition) is 3. The van der Waals surface area contributed by atoms with E-state index in [-0.39, 0.29) is 21.2 Å². The Morgan fingerprint density at radius 3 is 2.48 bits per heavy atom. The number of amides is 1. The van der Waals surface area contributed by atoms with Crippen LogP contribution in [0.2, 0.25) is 5.02 Å². The normalized spacial score (nSPS) is 18.0. The van der Waals surface area contributed by atoms with Crippen LogP contribution < -0.4 is 5.14 Å². The number of aryl methyl sites for hydroxylation is 1. The zero-order chi connectivity index (χ0) is 16.0. The molecule has 1 aliphatic heterocycles. The molecular weight excluding hydrogens is 312 g/mol. The Morgan fingerprint density at radius 1 is 1.38 bits per heavy atom. The Hall–Kier alpha value is -1.11. The third kappa shape index (κ3) is 3.39. The molecule has 5 nitrogen and oxygen atoms in total. The number of carbonyl (C=O) groups excluding carboxylic acids is 1. The predicted octanol–water partition coefficient (Wildman–Crippen LogP) is 2.17. The van der Waals surface area contributed by atoms with Crippen molar-refractivity contribution < 1.29 is 13.2 Å². The molecule has 1 aromatic carbocycles. The third-order valence-corrected chi connectivity index (χ3v) is 5.29. The van der Waals surface area contributed by atoms with E-state index in [1.54, 1.807) is 17.9 Å². The number of rotatable bonds is 2. The van der Waals surface area contributed by atoms with Gasteiger partial charge in [-0.3, -0.25) is 4.79 Å². The second-order valence-corrected chi connectivity index (χ2v) is 8.20. The van der Waals surface area contributed by atoms with Crippen LogP contribution in [0, 0.1) is 12.3 Å². The summed E-state index contributed by atoms with van der Waals surface area (Å²) < 4.78 is 23.1. The summed E-state index contributed by atoms with van der Waals surface area (Å²) in [6.45, 7) is 7.17. The van der Waals surface area contributed by atoms with Gasteiger partial charge >= 0.3 is 0 Å². The van der Waals surface area contributed by atoms with Crippen molar-refractivity contribution in [2.45, 2.75) is 32.1 Å². The summed E-state index contributed by atoms with van der Waals surface area (Å²) in [4.78, 5) is 14.1. The SMILES string of the molecule is Cc1cc(C(=O)N2CCC(C)(C)C2)cc(S(N)(=O)=O)c1Cl. The Balaban J connectivity index is 2.42. The Kier molecular flexibility index (Phi) is 4.08. The van der Waals surface area contributed by atoms with Crippen LogP contribution in [0.3, 0.4) is 0 Å². The fourth-order valence-electron chi connectivity index (χ4n) is 2.54. The number of primary sulfonamides is 1. The third-order valence-electron chi connectivity index (χ3n) is 3.74. The van der Waals surface area contributed by atoms with Crippen molar-refractivity contribution in [2.75, 3.05) is 13.1 Å². The van der Waals surface area contributed by atoms with E-state index in [2.05, 4.69) is 13.8 Å². The van der Waals surface area contributed by atoms with Crippen molar-refractivity contribution in [1.29, 1.82) is 0 Å².